The van der Waals surface area contributed by atoms with Crippen molar-refractivity contribution in [3.63, 3.8) is 0 Å². The molecule has 0 radical (unpaired) electrons. The molecular weight excluding hydrogens is 202 g/mol. The van der Waals surface area contributed by atoms with Crippen molar-refractivity contribution >= 4 is 9.84 Å². The molecule has 1 heterocycles. The first-order chi connectivity index (χ1) is 6.21. The molecule has 1 unspecified atom stereocenters. The molecule has 1 aliphatic rings. The van der Waals surface area contributed by atoms with Crippen molar-refractivity contribution in [2.75, 3.05) is 25.4 Å². The Kier molecular flexibility index (Phi) is 3.23. The van der Waals surface area contributed by atoms with Crippen molar-refractivity contribution < 1.29 is 13.5 Å². The van der Waals surface area contributed by atoms with Crippen LogP contribution in [-0.4, -0.2) is 54.7 Å². The molecule has 0 spiro atoms. The lowest BCUT2D eigenvalue weighted by Crippen LogP contribution is -2.50. The molecule has 1 aliphatic heterocycles. The molecule has 5 heteroatoms. The highest BCUT2D eigenvalue weighted by atomic mass is 32.2. The fraction of sp³-hybridized carbons (Fsp3) is 1.00. The van der Waals surface area contributed by atoms with Crippen LogP contribution >= 0.6 is 0 Å². The van der Waals surface area contributed by atoms with Crippen LogP contribution in [0.1, 0.15) is 20.8 Å². The third-order valence-corrected chi connectivity index (χ3v) is 4.56. The lowest BCUT2D eigenvalue weighted by atomic mass is 10.1. The molecule has 0 amide bonds. The lowest BCUT2D eigenvalue weighted by molar-refractivity contribution is 0.0370. The number of rotatable bonds is 2. The minimum Gasteiger partial charge on any atom is -0.389 e. The predicted octanol–water partition coefficient (Wildman–Crippen LogP) is -0.124. The highest BCUT2D eigenvalue weighted by Crippen LogP contribution is 2.14. The summed E-state index contributed by atoms with van der Waals surface area (Å²) in [5.74, 6) is 0.213. The minimum atomic E-state index is -2.87. The van der Waals surface area contributed by atoms with Gasteiger partial charge in [-0.1, -0.05) is 0 Å². The molecule has 0 bridgehead atoms. The standard InChI is InChI=1S/C9H19NO3S/c1-8-6-10(7-9(2,3)11)4-5-14(8,12)13/h8,11H,4-7H2,1-3H3. The first kappa shape index (κ1) is 11.9. The second kappa shape index (κ2) is 3.79. The summed E-state index contributed by atoms with van der Waals surface area (Å²) in [6.45, 7) is 6.81. The maximum Gasteiger partial charge on any atom is 0.155 e. The molecule has 1 atom stereocenters. The van der Waals surface area contributed by atoms with Gasteiger partial charge in [0.15, 0.2) is 9.84 Å². The number of hydrogen-bond acceptors (Lipinski definition) is 4. The Morgan fingerprint density at radius 3 is 2.50 bits per heavy atom. The smallest absolute Gasteiger partial charge is 0.155 e. The number of sulfone groups is 1. The van der Waals surface area contributed by atoms with E-state index < -0.39 is 15.4 Å². The van der Waals surface area contributed by atoms with Gasteiger partial charge < -0.3 is 5.11 Å². The summed E-state index contributed by atoms with van der Waals surface area (Å²) in [5.41, 5.74) is -0.749. The van der Waals surface area contributed by atoms with Crippen LogP contribution < -0.4 is 0 Å². The second-order valence-electron chi connectivity index (χ2n) is 4.73. The minimum absolute atomic E-state index is 0.213. The Labute approximate surface area is 85.8 Å². The van der Waals surface area contributed by atoms with Crippen LogP contribution in [0.25, 0.3) is 0 Å². The van der Waals surface area contributed by atoms with Crippen molar-refractivity contribution in [2.24, 2.45) is 0 Å². The van der Waals surface area contributed by atoms with Crippen molar-refractivity contribution in [2.45, 2.75) is 31.6 Å². The Bertz CT molecular complexity index is 292. The van der Waals surface area contributed by atoms with E-state index in [1.165, 1.54) is 0 Å². The van der Waals surface area contributed by atoms with E-state index in [0.717, 1.165) is 0 Å². The summed E-state index contributed by atoms with van der Waals surface area (Å²) >= 11 is 0. The molecule has 1 rings (SSSR count). The largest absolute Gasteiger partial charge is 0.389 e. The Morgan fingerprint density at radius 2 is 2.07 bits per heavy atom. The highest BCUT2D eigenvalue weighted by Gasteiger charge is 2.31. The van der Waals surface area contributed by atoms with Crippen molar-refractivity contribution in [3.05, 3.63) is 0 Å². The highest BCUT2D eigenvalue weighted by molar-refractivity contribution is 7.92. The van der Waals surface area contributed by atoms with Crippen LogP contribution in [-0.2, 0) is 9.84 Å². The van der Waals surface area contributed by atoms with E-state index in [9.17, 15) is 13.5 Å². The monoisotopic (exact) mass is 221 g/mol. The van der Waals surface area contributed by atoms with Gasteiger partial charge in [0.2, 0.25) is 0 Å². The Balaban J connectivity index is 2.56. The molecule has 0 aromatic heterocycles. The van der Waals surface area contributed by atoms with Gasteiger partial charge in [-0.2, -0.15) is 0 Å². The van der Waals surface area contributed by atoms with E-state index in [-0.39, 0.29) is 11.0 Å². The number of hydrogen-bond donors (Lipinski definition) is 1. The lowest BCUT2D eigenvalue weighted by Gasteiger charge is -2.34. The maximum absolute atomic E-state index is 11.4. The van der Waals surface area contributed by atoms with Gasteiger partial charge in [0, 0.05) is 19.6 Å². The molecule has 4 nitrogen and oxygen atoms in total. The molecule has 1 N–H and O–H groups in total. The third-order valence-electron chi connectivity index (χ3n) is 2.43. The molecule has 1 saturated heterocycles. The van der Waals surface area contributed by atoms with Crippen LogP contribution in [0.4, 0.5) is 0 Å². The van der Waals surface area contributed by atoms with E-state index in [0.29, 0.717) is 19.6 Å². The van der Waals surface area contributed by atoms with Crippen LogP contribution in [0.3, 0.4) is 0 Å². The first-order valence-corrected chi connectivity index (χ1v) is 6.58. The van der Waals surface area contributed by atoms with Gasteiger partial charge in [-0.3, -0.25) is 4.90 Å². The number of β-amino-alcohol motifs (C(OH)–C–C–N with tert-alkyl or cyclic N) is 1. The molecule has 0 saturated carbocycles. The number of aliphatic hydroxyl groups is 1. The number of nitrogens with zero attached hydrogens (tertiary/aromatic N) is 1. The van der Waals surface area contributed by atoms with Gasteiger partial charge in [-0.25, -0.2) is 8.42 Å². The van der Waals surface area contributed by atoms with Gasteiger partial charge >= 0.3 is 0 Å². The molecule has 1 fully saturated rings. The van der Waals surface area contributed by atoms with Gasteiger partial charge in [-0.15, -0.1) is 0 Å². The summed E-state index contributed by atoms with van der Waals surface area (Å²) in [7, 11) is -2.87. The summed E-state index contributed by atoms with van der Waals surface area (Å²) in [6.07, 6.45) is 0. The average molecular weight is 221 g/mol. The average Bonchev–Trinajstić information content (AvgIpc) is 1.95. The van der Waals surface area contributed by atoms with Crippen LogP contribution in [0, 0.1) is 0 Å². The van der Waals surface area contributed by atoms with Gasteiger partial charge in [0.25, 0.3) is 0 Å². The topological polar surface area (TPSA) is 57.6 Å². The van der Waals surface area contributed by atoms with Crippen LogP contribution in [0.2, 0.25) is 0 Å². The van der Waals surface area contributed by atoms with Crippen LogP contribution in [0.5, 0.6) is 0 Å². The molecule has 0 aliphatic carbocycles. The maximum atomic E-state index is 11.4. The van der Waals surface area contributed by atoms with E-state index in [1.54, 1.807) is 20.8 Å². The zero-order valence-electron chi connectivity index (χ0n) is 9.02. The van der Waals surface area contributed by atoms with E-state index >= 15 is 0 Å². The van der Waals surface area contributed by atoms with Crippen molar-refractivity contribution in [1.82, 2.24) is 4.90 Å². The summed E-state index contributed by atoms with van der Waals surface area (Å²) in [4.78, 5) is 2.01. The van der Waals surface area contributed by atoms with E-state index in [1.807, 2.05) is 4.90 Å². The third kappa shape index (κ3) is 3.22. The summed E-state index contributed by atoms with van der Waals surface area (Å²) in [6, 6.07) is 0. The molecule has 14 heavy (non-hydrogen) atoms. The van der Waals surface area contributed by atoms with Gasteiger partial charge in [0.05, 0.1) is 16.6 Å². The Morgan fingerprint density at radius 1 is 1.50 bits per heavy atom. The van der Waals surface area contributed by atoms with E-state index in [2.05, 4.69) is 0 Å². The molecule has 84 valence electrons. The predicted molar refractivity (Wildman–Crippen MR) is 56.0 cm³/mol. The first-order valence-electron chi connectivity index (χ1n) is 4.87. The zero-order valence-corrected chi connectivity index (χ0v) is 9.84. The van der Waals surface area contributed by atoms with E-state index in [4.69, 9.17) is 0 Å². The van der Waals surface area contributed by atoms with Crippen molar-refractivity contribution in [3.8, 4) is 0 Å². The molecule has 0 aromatic carbocycles. The van der Waals surface area contributed by atoms with Crippen molar-refractivity contribution in [1.29, 1.82) is 0 Å². The second-order valence-corrected chi connectivity index (χ2v) is 7.26. The summed E-state index contributed by atoms with van der Waals surface area (Å²) < 4.78 is 22.8. The van der Waals surface area contributed by atoms with Gasteiger partial charge in [-0.05, 0) is 20.8 Å². The fourth-order valence-corrected chi connectivity index (χ4v) is 3.07. The van der Waals surface area contributed by atoms with Gasteiger partial charge in [0.1, 0.15) is 0 Å². The molecular formula is C9H19NO3S. The molecule has 0 aromatic rings. The SMILES string of the molecule is CC1CN(CC(C)(C)O)CCS1(=O)=O. The quantitative estimate of drug-likeness (QED) is 0.706. The normalized spacial score (nSPS) is 29.0. The zero-order chi connectivity index (χ0) is 11.0. The van der Waals surface area contributed by atoms with Crippen LogP contribution in [0.15, 0.2) is 0 Å². The fourth-order valence-electron chi connectivity index (χ4n) is 1.72. The Hall–Kier alpha value is -0.130. The summed E-state index contributed by atoms with van der Waals surface area (Å²) in [5, 5.41) is 9.29.